The lowest BCUT2D eigenvalue weighted by Gasteiger charge is -2.51. The highest BCUT2D eigenvalue weighted by Gasteiger charge is 2.64. The second-order valence-corrected chi connectivity index (χ2v) is 21.1. The smallest absolute Gasteiger partial charge is 0.338 e. The number of phenolic OH excluding ortho intramolecular Hbond substituents is 2. The Balaban J connectivity index is 1.24. The molecule has 0 amide bonds. The number of carbonyl (C=O) groups excluding carboxylic acids is 3. The first-order chi connectivity index (χ1) is 43.0. The van der Waals surface area contributed by atoms with E-state index in [2.05, 4.69) is 0 Å². The summed E-state index contributed by atoms with van der Waals surface area (Å²) in [5, 5.41) is 174. The Bertz CT molecular complexity index is 2890. The van der Waals surface area contributed by atoms with Crippen molar-refractivity contribution in [2.75, 3.05) is 53.9 Å². The van der Waals surface area contributed by atoms with Crippen LogP contribution in [-0.4, -0.2) is 300 Å². The van der Waals surface area contributed by atoms with E-state index in [-0.39, 0.29) is 39.7 Å². The Kier molecular flexibility index (Phi) is 24.0. The Morgan fingerprint density at radius 3 is 1.54 bits per heavy atom. The molecule has 0 aliphatic carbocycles. The molecule has 0 aromatic heterocycles. The minimum Gasteiger partial charge on any atom is -0.504 e. The third-order valence-electron chi connectivity index (χ3n) is 15.3. The molecule has 0 radical (unpaired) electrons. The van der Waals surface area contributed by atoms with E-state index in [4.69, 9.17) is 66.3 Å². The third-order valence-corrected chi connectivity index (χ3v) is 15.3. The molecule has 90 heavy (non-hydrogen) atoms. The normalized spacial score (nSPS) is 37.2. The number of ether oxygens (including phenoxy) is 14. The van der Waals surface area contributed by atoms with Crippen LogP contribution in [-0.2, 0) is 66.4 Å². The first-order valence-corrected chi connectivity index (χ1v) is 27.9. The van der Waals surface area contributed by atoms with Gasteiger partial charge in [0.25, 0.3) is 0 Å². The van der Waals surface area contributed by atoms with E-state index in [1.165, 1.54) is 87.0 Å². The van der Waals surface area contributed by atoms with Crippen LogP contribution in [0.4, 0.5) is 0 Å². The van der Waals surface area contributed by atoms with Gasteiger partial charge in [0.2, 0.25) is 5.79 Å². The fourth-order valence-electron chi connectivity index (χ4n) is 10.4. The number of phenols is 2. The van der Waals surface area contributed by atoms with Gasteiger partial charge in [0.05, 0.1) is 52.8 Å². The lowest BCUT2D eigenvalue weighted by molar-refractivity contribution is -0.423. The minimum atomic E-state index is -2.98. The molecule has 33 heteroatoms. The standard InChI is InChI=1S/C57H72O33/c1-77-29-13-9-24(16-28(29)64)10-14-36(65)79-23-57(51(40(69)33(20-60)89-57)88-52(76)26-6-4-3-5-7-26)90-56-50(87-54-45(74)42(71)39(68)32(19-59)81-54)49(48(35(22-62)83-56)84-37(66)15-11-25-8-12-27(63)30(17-25)78-2)86-55-46(75)43(72)47(34(21-61)82-55)85-53-44(73)41(70)38(67)31(18-58)80-53/h3-17,31-35,38-51,53-56,58-64,67-75H,18-23H2,1-2H3/b14-10+,15-11+/t31-,32-,33-,34-,35-,38-,39-,40-,41+,42+,43-,44-,45-,46-,47-,48-,49+,50-,51+,53+,54+,55+,56-,57+/m1/s1. The number of aromatic hydroxyl groups is 2. The average molecular weight is 1290 g/mol. The molecule has 0 spiro atoms. The van der Waals surface area contributed by atoms with Crippen molar-refractivity contribution in [3.05, 3.63) is 95.6 Å². The molecule has 498 valence electrons. The van der Waals surface area contributed by atoms with Crippen molar-refractivity contribution in [3.8, 4) is 23.0 Å². The van der Waals surface area contributed by atoms with Crippen LogP contribution in [0, 0.1) is 0 Å². The van der Waals surface area contributed by atoms with Crippen molar-refractivity contribution in [2.45, 2.75) is 147 Å². The number of esters is 3. The average Bonchev–Trinajstić information content (AvgIpc) is 1.42. The fourth-order valence-corrected chi connectivity index (χ4v) is 10.4. The maximum Gasteiger partial charge on any atom is 0.338 e. The number of carbonyl (C=O) groups is 3. The lowest BCUT2D eigenvalue weighted by Crippen LogP contribution is -2.69. The summed E-state index contributed by atoms with van der Waals surface area (Å²) in [4.78, 5) is 41.9. The molecule has 8 rings (SSSR count). The number of hydrogen-bond donors (Lipinski definition) is 16. The van der Waals surface area contributed by atoms with Crippen molar-refractivity contribution in [1.29, 1.82) is 0 Å². The van der Waals surface area contributed by atoms with Gasteiger partial charge in [0, 0.05) is 12.2 Å². The van der Waals surface area contributed by atoms with Crippen LogP contribution in [0.15, 0.2) is 78.9 Å². The van der Waals surface area contributed by atoms with Gasteiger partial charge in [-0.05, 0) is 59.7 Å². The first kappa shape index (κ1) is 69.7. The van der Waals surface area contributed by atoms with Gasteiger partial charge in [-0.2, -0.15) is 0 Å². The van der Waals surface area contributed by atoms with Crippen molar-refractivity contribution < 1.29 is 162 Å². The van der Waals surface area contributed by atoms with Gasteiger partial charge in [0.15, 0.2) is 60.4 Å². The van der Waals surface area contributed by atoms with Crippen molar-refractivity contribution in [3.63, 3.8) is 0 Å². The third kappa shape index (κ3) is 15.5. The molecule has 5 heterocycles. The predicted octanol–water partition coefficient (Wildman–Crippen LogP) is -6.10. The maximum absolute atomic E-state index is 14.1. The summed E-state index contributed by atoms with van der Waals surface area (Å²) in [6, 6.07) is 15.1. The molecule has 5 aliphatic heterocycles. The molecule has 3 aromatic carbocycles. The van der Waals surface area contributed by atoms with Gasteiger partial charge >= 0.3 is 17.9 Å². The fraction of sp³-hybridized carbons (Fsp3) is 0.561. The van der Waals surface area contributed by atoms with E-state index >= 15 is 0 Å². The zero-order chi connectivity index (χ0) is 65.3. The molecule has 16 N–H and O–H groups in total. The molecule has 5 saturated heterocycles. The summed E-state index contributed by atoms with van der Waals surface area (Å²) in [7, 11) is 2.56. The molecule has 3 aromatic rings. The van der Waals surface area contributed by atoms with Crippen LogP contribution in [0.2, 0.25) is 0 Å². The molecule has 0 bridgehead atoms. The van der Waals surface area contributed by atoms with Crippen LogP contribution in [0.3, 0.4) is 0 Å². The van der Waals surface area contributed by atoms with Gasteiger partial charge < -0.3 is 148 Å². The number of aliphatic hydroxyl groups excluding tert-OH is 14. The molecule has 0 unspecified atom stereocenters. The molecule has 0 saturated carbocycles. The van der Waals surface area contributed by atoms with Crippen molar-refractivity contribution in [2.24, 2.45) is 0 Å². The van der Waals surface area contributed by atoms with Crippen LogP contribution in [0.1, 0.15) is 21.5 Å². The van der Waals surface area contributed by atoms with Crippen LogP contribution >= 0.6 is 0 Å². The summed E-state index contributed by atoms with van der Waals surface area (Å²) >= 11 is 0. The molecule has 5 aliphatic rings. The highest BCUT2D eigenvalue weighted by molar-refractivity contribution is 5.90. The number of aliphatic hydroxyl groups is 14. The van der Waals surface area contributed by atoms with Gasteiger partial charge in [0.1, 0.15) is 110 Å². The summed E-state index contributed by atoms with van der Waals surface area (Å²) in [5.74, 6) is -7.20. The number of benzene rings is 3. The SMILES string of the molecule is COc1ccc(/C=C/C(=O)OC[C@@]2(O[C@H]3O[C@H](CO)[C@@H](OC(=O)/C=C/c4ccc(O)c(OC)c4)[C@H](O[C@@H]4O[C@H](CO)[C@@H](O[C@@H]5O[C@H](CO)[C@@H](O)[C@H](O)[C@H]5O)[C@H](O)[C@H]4O)[C@H]3O[C@@H]3O[C@H](CO)[C@@H](O)[C@H](O)[C@H]3O)O[C@H](CO)[C@@H](O)[C@@H]2OC(=O)c2ccccc2)cc1O. The van der Waals surface area contributed by atoms with E-state index in [9.17, 15) is 96.1 Å². The zero-order valence-electron chi connectivity index (χ0n) is 47.8. The molecule has 5 fully saturated rings. The van der Waals surface area contributed by atoms with Crippen LogP contribution < -0.4 is 9.47 Å². The Morgan fingerprint density at radius 1 is 0.478 bits per heavy atom. The van der Waals surface area contributed by atoms with Gasteiger partial charge in [-0.3, -0.25) is 0 Å². The van der Waals surface area contributed by atoms with Crippen molar-refractivity contribution >= 4 is 30.1 Å². The highest BCUT2D eigenvalue weighted by atomic mass is 16.8. The monoisotopic (exact) mass is 1280 g/mol. The Labute approximate surface area is 510 Å². The molecule has 24 atom stereocenters. The highest BCUT2D eigenvalue weighted by Crippen LogP contribution is 2.43. The Hall–Kier alpha value is -6.17. The van der Waals surface area contributed by atoms with E-state index in [0.717, 1.165) is 12.2 Å². The molecular weight excluding hydrogens is 1210 g/mol. The molecular formula is C57H72O33. The van der Waals surface area contributed by atoms with E-state index in [1.54, 1.807) is 6.07 Å². The first-order valence-electron chi connectivity index (χ1n) is 27.9. The van der Waals surface area contributed by atoms with E-state index in [0.29, 0.717) is 0 Å². The topological polar surface area (TPSA) is 504 Å². The second kappa shape index (κ2) is 31.0. The largest absolute Gasteiger partial charge is 0.504 e. The predicted molar refractivity (Wildman–Crippen MR) is 291 cm³/mol. The summed E-state index contributed by atoms with van der Waals surface area (Å²) in [5.41, 5.74) is 0.327. The second-order valence-electron chi connectivity index (χ2n) is 21.1. The van der Waals surface area contributed by atoms with Crippen LogP contribution in [0.5, 0.6) is 23.0 Å². The number of hydrogen-bond acceptors (Lipinski definition) is 33. The van der Waals surface area contributed by atoms with Gasteiger partial charge in [-0.25, -0.2) is 14.4 Å². The summed E-state index contributed by atoms with van der Waals surface area (Å²) in [6.07, 6.45) is -44.6. The lowest BCUT2D eigenvalue weighted by atomic mass is 9.95. The van der Waals surface area contributed by atoms with Crippen LogP contribution in [0.25, 0.3) is 12.2 Å². The minimum absolute atomic E-state index is 0.0191. The summed E-state index contributed by atoms with van der Waals surface area (Å²) in [6.45, 7) is -6.72. The quantitative estimate of drug-likeness (QED) is 0.0225. The van der Waals surface area contributed by atoms with E-state index < -0.39 is 204 Å². The summed E-state index contributed by atoms with van der Waals surface area (Å²) < 4.78 is 82.1. The number of rotatable bonds is 24. The van der Waals surface area contributed by atoms with Gasteiger partial charge in [-0.15, -0.1) is 0 Å². The number of methoxy groups -OCH3 is 2. The van der Waals surface area contributed by atoms with Crippen molar-refractivity contribution in [1.82, 2.24) is 0 Å². The Morgan fingerprint density at radius 2 is 0.978 bits per heavy atom. The van der Waals surface area contributed by atoms with Gasteiger partial charge in [-0.1, -0.05) is 30.3 Å². The maximum atomic E-state index is 14.1. The van der Waals surface area contributed by atoms with E-state index in [1.807, 2.05) is 0 Å². The molecule has 33 nitrogen and oxygen atoms in total. The zero-order valence-corrected chi connectivity index (χ0v) is 47.8.